The molecule has 1 aromatic carbocycles. The van der Waals surface area contributed by atoms with E-state index >= 15 is 0 Å². The Morgan fingerprint density at radius 1 is 1.12 bits per heavy atom. The van der Waals surface area contributed by atoms with Crippen molar-refractivity contribution in [3.05, 3.63) is 35.7 Å². The molecule has 1 saturated carbocycles. The average Bonchev–Trinajstić information content (AvgIpc) is 2.64. The van der Waals surface area contributed by atoms with Crippen LogP contribution in [0.3, 0.4) is 0 Å². The molecular formula is C21H33N2O. The molecule has 3 rings (SSSR count). The average molecular weight is 330 g/mol. The maximum atomic E-state index is 5.80. The molecule has 2 aliphatic rings. The Morgan fingerprint density at radius 3 is 2.46 bits per heavy atom. The molecule has 1 heterocycles. The monoisotopic (exact) mass is 329 g/mol. The quantitative estimate of drug-likeness (QED) is 0.880. The second-order valence-corrected chi connectivity index (χ2v) is 7.50. The Bertz CT molecular complexity index is 529. The van der Waals surface area contributed by atoms with E-state index in [4.69, 9.17) is 4.74 Å². The van der Waals surface area contributed by atoms with Gasteiger partial charge in [0.25, 0.3) is 0 Å². The van der Waals surface area contributed by atoms with E-state index in [9.17, 15) is 0 Å². The molecular weight excluding hydrogens is 296 g/mol. The second-order valence-electron chi connectivity index (χ2n) is 7.50. The molecule has 0 bridgehead atoms. The van der Waals surface area contributed by atoms with Crippen LogP contribution >= 0.6 is 0 Å². The first-order valence-corrected chi connectivity index (χ1v) is 9.64. The maximum absolute atomic E-state index is 5.80. The molecule has 1 aliphatic heterocycles. The molecule has 0 atom stereocenters. The number of hydrogen-bond acceptors (Lipinski definition) is 3. The molecule has 3 heteroatoms. The lowest BCUT2D eigenvalue weighted by Gasteiger charge is -2.32. The highest BCUT2D eigenvalue weighted by Crippen LogP contribution is 2.40. The van der Waals surface area contributed by atoms with Crippen LogP contribution in [-0.4, -0.2) is 38.2 Å². The maximum Gasteiger partial charge on any atom is 0.125 e. The molecule has 0 spiro atoms. The zero-order chi connectivity index (χ0) is 16.9. The number of likely N-dealkylation sites (tertiary alicyclic amines) is 1. The molecule has 1 aliphatic carbocycles. The summed E-state index contributed by atoms with van der Waals surface area (Å²) in [6.07, 6.45) is 9.15. The predicted octanol–water partition coefficient (Wildman–Crippen LogP) is 4.11. The fraction of sp³-hybridized carbons (Fsp3) is 0.667. The minimum Gasteiger partial charge on any atom is -0.496 e. The zero-order valence-corrected chi connectivity index (χ0v) is 15.4. The van der Waals surface area contributed by atoms with Gasteiger partial charge in [-0.1, -0.05) is 31.4 Å². The summed E-state index contributed by atoms with van der Waals surface area (Å²) in [6, 6.07) is 5.31. The number of ether oxygens (including phenoxy) is 1. The fourth-order valence-electron chi connectivity index (χ4n) is 4.43. The van der Waals surface area contributed by atoms with Gasteiger partial charge in [-0.2, -0.15) is 0 Å². The van der Waals surface area contributed by atoms with Crippen molar-refractivity contribution in [3.8, 4) is 5.75 Å². The van der Waals surface area contributed by atoms with Gasteiger partial charge in [-0.25, -0.2) is 0 Å². The minimum atomic E-state index is 0.662. The zero-order valence-electron chi connectivity index (χ0n) is 15.4. The van der Waals surface area contributed by atoms with E-state index in [1.165, 1.54) is 56.1 Å². The van der Waals surface area contributed by atoms with Crippen molar-refractivity contribution in [2.75, 3.05) is 27.2 Å². The number of rotatable bonds is 5. The van der Waals surface area contributed by atoms with E-state index in [1.807, 2.05) is 0 Å². The van der Waals surface area contributed by atoms with Gasteiger partial charge in [-0.3, -0.25) is 4.90 Å². The molecule has 1 radical (unpaired) electrons. The summed E-state index contributed by atoms with van der Waals surface area (Å²) in [5.41, 5.74) is 3.82. The van der Waals surface area contributed by atoms with Gasteiger partial charge in [0.2, 0.25) is 0 Å². The van der Waals surface area contributed by atoms with E-state index in [1.54, 1.807) is 7.11 Å². The van der Waals surface area contributed by atoms with Gasteiger partial charge >= 0.3 is 0 Å². The standard InChI is InChI=1S/C21H33N2O/c1-16-18(15-23-13-11-19(22-2)12-14-23)9-10-20(21(16)24-3)17-7-5-4-6-8-17/h9-10,17,19,22H,1,4-8,11-15H2,2-3H3. The van der Waals surface area contributed by atoms with Gasteiger partial charge in [-0.05, 0) is 75.4 Å². The first kappa shape index (κ1) is 17.8. The van der Waals surface area contributed by atoms with E-state index in [0.717, 1.165) is 30.9 Å². The van der Waals surface area contributed by atoms with Crippen molar-refractivity contribution in [2.45, 2.75) is 63.5 Å². The van der Waals surface area contributed by atoms with Crippen molar-refractivity contribution in [1.29, 1.82) is 0 Å². The number of piperidine rings is 1. The van der Waals surface area contributed by atoms with Crippen LogP contribution in [0, 0.1) is 6.92 Å². The molecule has 2 fully saturated rings. The molecule has 133 valence electrons. The summed E-state index contributed by atoms with van der Waals surface area (Å²) < 4.78 is 5.80. The lowest BCUT2D eigenvalue weighted by atomic mass is 9.82. The Morgan fingerprint density at radius 2 is 1.83 bits per heavy atom. The first-order chi connectivity index (χ1) is 11.7. The Hall–Kier alpha value is -1.06. The Labute approximate surface area is 147 Å². The minimum absolute atomic E-state index is 0.662. The van der Waals surface area contributed by atoms with Crippen LogP contribution < -0.4 is 10.1 Å². The summed E-state index contributed by atoms with van der Waals surface area (Å²) in [7, 11) is 3.88. The summed E-state index contributed by atoms with van der Waals surface area (Å²) in [4.78, 5) is 2.55. The lowest BCUT2D eigenvalue weighted by Crippen LogP contribution is -2.40. The van der Waals surface area contributed by atoms with Crippen LogP contribution in [0.1, 0.15) is 67.6 Å². The predicted molar refractivity (Wildman–Crippen MR) is 101 cm³/mol. The highest BCUT2D eigenvalue weighted by Gasteiger charge is 2.23. The molecule has 3 nitrogen and oxygen atoms in total. The van der Waals surface area contributed by atoms with Crippen LogP contribution in [0.4, 0.5) is 0 Å². The number of nitrogens with one attached hydrogen (secondary N) is 1. The van der Waals surface area contributed by atoms with Gasteiger partial charge in [0.1, 0.15) is 5.75 Å². The smallest absolute Gasteiger partial charge is 0.125 e. The highest BCUT2D eigenvalue weighted by atomic mass is 16.5. The van der Waals surface area contributed by atoms with E-state index in [0.29, 0.717) is 12.0 Å². The van der Waals surface area contributed by atoms with Crippen LogP contribution in [-0.2, 0) is 6.54 Å². The number of nitrogens with zero attached hydrogens (tertiary/aromatic N) is 1. The summed E-state index contributed by atoms with van der Waals surface area (Å²) in [6.45, 7) is 7.70. The van der Waals surface area contributed by atoms with Gasteiger partial charge in [-0.15, -0.1) is 0 Å². The van der Waals surface area contributed by atoms with Crippen molar-refractivity contribution in [2.24, 2.45) is 0 Å². The number of benzene rings is 1. The first-order valence-electron chi connectivity index (χ1n) is 9.64. The van der Waals surface area contributed by atoms with Crippen LogP contribution in [0.5, 0.6) is 5.75 Å². The molecule has 24 heavy (non-hydrogen) atoms. The van der Waals surface area contributed by atoms with E-state index < -0.39 is 0 Å². The topological polar surface area (TPSA) is 24.5 Å². The van der Waals surface area contributed by atoms with Gasteiger partial charge in [0.15, 0.2) is 0 Å². The third-order valence-corrected chi connectivity index (χ3v) is 6.03. The summed E-state index contributed by atoms with van der Waals surface area (Å²) >= 11 is 0. The normalized spacial score (nSPS) is 21.1. The van der Waals surface area contributed by atoms with E-state index in [2.05, 4.69) is 36.3 Å². The van der Waals surface area contributed by atoms with Gasteiger partial charge < -0.3 is 10.1 Å². The van der Waals surface area contributed by atoms with Gasteiger partial charge in [0, 0.05) is 12.6 Å². The molecule has 1 saturated heterocycles. The second kappa shape index (κ2) is 8.35. The van der Waals surface area contributed by atoms with Crippen molar-refractivity contribution in [1.82, 2.24) is 10.2 Å². The largest absolute Gasteiger partial charge is 0.496 e. The Balaban J connectivity index is 1.72. The molecule has 1 aromatic rings. The Kier molecular flexibility index (Phi) is 6.18. The fourth-order valence-corrected chi connectivity index (χ4v) is 4.43. The van der Waals surface area contributed by atoms with Crippen molar-refractivity contribution in [3.63, 3.8) is 0 Å². The number of hydrogen-bond donors (Lipinski definition) is 1. The molecule has 0 unspecified atom stereocenters. The van der Waals surface area contributed by atoms with Crippen LogP contribution in [0.15, 0.2) is 12.1 Å². The number of methoxy groups -OCH3 is 1. The van der Waals surface area contributed by atoms with Crippen molar-refractivity contribution < 1.29 is 4.74 Å². The highest BCUT2D eigenvalue weighted by molar-refractivity contribution is 5.50. The van der Waals surface area contributed by atoms with Gasteiger partial charge in [0.05, 0.1) is 7.11 Å². The molecule has 0 aromatic heterocycles. The van der Waals surface area contributed by atoms with Crippen LogP contribution in [0.2, 0.25) is 0 Å². The molecule has 0 amide bonds. The molecule has 1 N–H and O–H groups in total. The van der Waals surface area contributed by atoms with Crippen LogP contribution in [0.25, 0.3) is 0 Å². The summed E-state index contributed by atoms with van der Waals surface area (Å²) in [5.74, 6) is 1.71. The van der Waals surface area contributed by atoms with E-state index in [-0.39, 0.29) is 0 Å². The lowest BCUT2D eigenvalue weighted by molar-refractivity contribution is 0.194. The SMILES string of the molecule is [CH2]c1c(CN2CCC(NC)CC2)ccc(C2CCCCC2)c1OC. The third-order valence-electron chi connectivity index (χ3n) is 6.03. The van der Waals surface area contributed by atoms with Crippen molar-refractivity contribution >= 4 is 0 Å². The summed E-state index contributed by atoms with van der Waals surface area (Å²) in [5, 5.41) is 3.40. The third kappa shape index (κ3) is 3.94.